The number of hydrogen-bond donors (Lipinski definition) is 2. The molecule has 7 heteroatoms. The number of hydrogen-bond acceptors (Lipinski definition) is 5. The summed E-state index contributed by atoms with van der Waals surface area (Å²) in [6, 6.07) is 26.5. The average Bonchev–Trinajstić information content (AvgIpc) is 3.37. The largest absolute Gasteiger partial charge is 0.343 e. The summed E-state index contributed by atoms with van der Waals surface area (Å²) in [6.45, 7) is 5.99. The van der Waals surface area contributed by atoms with E-state index in [-0.39, 0.29) is 17.7 Å². The van der Waals surface area contributed by atoms with Gasteiger partial charge in [-0.05, 0) is 24.0 Å². The highest BCUT2D eigenvalue weighted by Gasteiger charge is 2.31. The van der Waals surface area contributed by atoms with Crippen LogP contribution in [0, 0.1) is 12.8 Å². The smallest absolute Gasteiger partial charge is 0.249 e. The molecule has 1 aromatic heterocycles. The summed E-state index contributed by atoms with van der Waals surface area (Å²) >= 11 is 1.31. The van der Waals surface area contributed by atoms with Crippen LogP contribution in [-0.2, 0) is 9.59 Å². The summed E-state index contributed by atoms with van der Waals surface area (Å²) in [5.41, 5.74) is 3.85. The van der Waals surface area contributed by atoms with Crippen molar-refractivity contribution in [3.8, 4) is 10.6 Å². The molecule has 2 atom stereocenters. The van der Waals surface area contributed by atoms with Gasteiger partial charge in [0.1, 0.15) is 11.0 Å². The number of rotatable bonds is 9. The fraction of sp³-hybridized carbons (Fsp3) is 0.241. The zero-order valence-electron chi connectivity index (χ0n) is 20.6. The van der Waals surface area contributed by atoms with Crippen LogP contribution in [0.1, 0.15) is 42.9 Å². The van der Waals surface area contributed by atoms with Crippen LogP contribution < -0.4 is 10.6 Å². The Labute approximate surface area is 215 Å². The standard InChI is InChI=1S/C29H30N4O2S/c1-4-20(3)25(27(35)31-29-33-32-28(36-29)23-17-15-19(2)16-18-23)30-26(34)24(21-11-7-5-8-12-21)22-13-9-6-10-14-22/h5-18,20,24-25H,4H2,1-3H3,(H,30,34)(H,31,33,35). The molecule has 4 rings (SSSR count). The van der Waals surface area contributed by atoms with Crippen molar-refractivity contribution in [2.45, 2.75) is 39.2 Å². The third kappa shape index (κ3) is 6.04. The molecular weight excluding hydrogens is 468 g/mol. The molecule has 3 aromatic carbocycles. The van der Waals surface area contributed by atoms with Gasteiger partial charge in [-0.15, -0.1) is 10.2 Å². The first-order valence-electron chi connectivity index (χ1n) is 12.1. The quantitative estimate of drug-likeness (QED) is 0.305. The topological polar surface area (TPSA) is 84.0 Å². The second kappa shape index (κ2) is 11.7. The summed E-state index contributed by atoms with van der Waals surface area (Å²) in [7, 11) is 0. The summed E-state index contributed by atoms with van der Waals surface area (Å²) in [4.78, 5) is 27.0. The molecule has 6 nitrogen and oxygen atoms in total. The lowest BCUT2D eigenvalue weighted by Crippen LogP contribution is -2.49. The van der Waals surface area contributed by atoms with Crippen molar-refractivity contribution in [1.29, 1.82) is 0 Å². The molecule has 0 saturated carbocycles. The maximum absolute atomic E-state index is 13.6. The lowest BCUT2D eigenvalue weighted by atomic mass is 9.89. The number of amides is 2. The Kier molecular flexibility index (Phi) is 8.23. The molecule has 0 radical (unpaired) electrons. The van der Waals surface area contributed by atoms with E-state index in [1.165, 1.54) is 11.3 Å². The van der Waals surface area contributed by atoms with Crippen LogP contribution >= 0.6 is 11.3 Å². The number of aromatic nitrogens is 2. The molecule has 0 aliphatic rings. The van der Waals surface area contributed by atoms with Gasteiger partial charge in [-0.2, -0.15) is 0 Å². The number of carbonyl (C=O) groups excluding carboxylic acids is 2. The Hall–Kier alpha value is -3.84. The van der Waals surface area contributed by atoms with Crippen molar-refractivity contribution in [2.24, 2.45) is 5.92 Å². The molecule has 4 aromatic rings. The van der Waals surface area contributed by atoms with Gasteiger partial charge in [0.25, 0.3) is 0 Å². The van der Waals surface area contributed by atoms with E-state index in [9.17, 15) is 9.59 Å². The Morgan fingerprint density at radius 3 is 1.97 bits per heavy atom. The molecule has 2 amide bonds. The highest BCUT2D eigenvalue weighted by Crippen LogP contribution is 2.28. The number of aryl methyl sites for hydroxylation is 1. The van der Waals surface area contributed by atoms with Gasteiger partial charge in [0, 0.05) is 5.56 Å². The second-order valence-corrected chi connectivity index (χ2v) is 9.87. The lowest BCUT2D eigenvalue weighted by Gasteiger charge is -2.26. The van der Waals surface area contributed by atoms with Crippen LogP contribution in [-0.4, -0.2) is 28.1 Å². The van der Waals surface area contributed by atoms with Gasteiger partial charge in [-0.3, -0.25) is 14.9 Å². The van der Waals surface area contributed by atoms with Gasteiger partial charge in [0.2, 0.25) is 16.9 Å². The first-order chi connectivity index (χ1) is 17.5. The van der Waals surface area contributed by atoms with Gasteiger partial charge in [0.05, 0.1) is 5.92 Å². The fourth-order valence-electron chi connectivity index (χ4n) is 3.99. The number of nitrogens with zero attached hydrogens (tertiary/aromatic N) is 2. The zero-order valence-corrected chi connectivity index (χ0v) is 21.5. The van der Waals surface area contributed by atoms with E-state index in [0.29, 0.717) is 5.13 Å². The van der Waals surface area contributed by atoms with Crippen molar-refractivity contribution < 1.29 is 9.59 Å². The number of nitrogens with one attached hydrogen (secondary N) is 2. The molecule has 0 spiro atoms. The maximum Gasteiger partial charge on any atom is 0.249 e. The van der Waals surface area contributed by atoms with Gasteiger partial charge >= 0.3 is 0 Å². The summed E-state index contributed by atoms with van der Waals surface area (Å²) in [5.74, 6) is -1.12. The monoisotopic (exact) mass is 498 g/mol. The SMILES string of the molecule is CCC(C)C(NC(=O)C(c1ccccc1)c1ccccc1)C(=O)Nc1nnc(-c2ccc(C)cc2)s1. The van der Waals surface area contributed by atoms with E-state index in [0.717, 1.165) is 33.7 Å². The number of carbonyl (C=O) groups is 2. The Balaban J connectivity index is 1.54. The molecule has 36 heavy (non-hydrogen) atoms. The van der Waals surface area contributed by atoms with Crippen molar-refractivity contribution in [3.63, 3.8) is 0 Å². The highest BCUT2D eigenvalue weighted by molar-refractivity contribution is 7.18. The second-order valence-electron chi connectivity index (χ2n) is 8.89. The van der Waals surface area contributed by atoms with E-state index < -0.39 is 12.0 Å². The van der Waals surface area contributed by atoms with E-state index in [1.807, 2.05) is 106 Å². The van der Waals surface area contributed by atoms with Gasteiger partial charge < -0.3 is 5.32 Å². The third-order valence-electron chi connectivity index (χ3n) is 6.27. The first-order valence-corrected chi connectivity index (χ1v) is 12.9. The average molecular weight is 499 g/mol. The van der Waals surface area contributed by atoms with Crippen LogP contribution in [0.25, 0.3) is 10.6 Å². The maximum atomic E-state index is 13.6. The van der Waals surface area contributed by atoms with Crippen LogP contribution in [0.5, 0.6) is 0 Å². The minimum Gasteiger partial charge on any atom is -0.343 e. The molecule has 0 saturated heterocycles. The van der Waals surface area contributed by atoms with Gasteiger partial charge in [0.15, 0.2) is 0 Å². The third-order valence-corrected chi connectivity index (χ3v) is 7.16. The molecule has 2 unspecified atom stereocenters. The van der Waals surface area contributed by atoms with Crippen molar-refractivity contribution in [1.82, 2.24) is 15.5 Å². The predicted octanol–water partition coefficient (Wildman–Crippen LogP) is 5.82. The summed E-state index contributed by atoms with van der Waals surface area (Å²) < 4.78 is 0. The normalized spacial score (nSPS) is 12.7. The van der Waals surface area contributed by atoms with Crippen LogP contribution in [0.4, 0.5) is 5.13 Å². The summed E-state index contributed by atoms with van der Waals surface area (Å²) in [5, 5.41) is 15.4. The zero-order chi connectivity index (χ0) is 25.5. The van der Waals surface area contributed by atoms with Crippen molar-refractivity contribution >= 4 is 28.3 Å². The molecule has 0 bridgehead atoms. The fourth-order valence-corrected chi connectivity index (χ4v) is 4.75. The lowest BCUT2D eigenvalue weighted by molar-refractivity contribution is -0.128. The molecular formula is C29H30N4O2S. The Bertz CT molecular complexity index is 1250. The van der Waals surface area contributed by atoms with Crippen LogP contribution in [0.15, 0.2) is 84.9 Å². The summed E-state index contributed by atoms with van der Waals surface area (Å²) in [6.07, 6.45) is 0.727. The Morgan fingerprint density at radius 2 is 1.42 bits per heavy atom. The minimum atomic E-state index is -0.718. The van der Waals surface area contributed by atoms with E-state index >= 15 is 0 Å². The van der Waals surface area contributed by atoms with E-state index in [2.05, 4.69) is 20.8 Å². The molecule has 1 heterocycles. The van der Waals surface area contributed by atoms with Crippen LogP contribution in [0.3, 0.4) is 0 Å². The first kappa shape index (κ1) is 25.3. The van der Waals surface area contributed by atoms with Gasteiger partial charge in [-0.25, -0.2) is 0 Å². The number of benzene rings is 3. The molecule has 184 valence electrons. The predicted molar refractivity (Wildman–Crippen MR) is 145 cm³/mol. The van der Waals surface area contributed by atoms with Crippen molar-refractivity contribution in [2.75, 3.05) is 5.32 Å². The molecule has 0 fully saturated rings. The van der Waals surface area contributed by atoms with Crippen LogP contribution in [0.2, 0.25) is 0 Å². The van der Waals surface area contributed by atoms with Crippen molar-refractivity contribution in [3.05, 3.63) is 102 Å². The van der Waals surface area contributed by atoms with E-state index in [4.69, 9.17) is 0 Å². The Morgan fingerprint density at radius 1 is 0.833 bits per heavy atom. The molecule has 2 N–H and O–H groups in total. The minimum absolute atomic E-state index is 0.0781. The molecule has 0 aliphatic heterocycles. The molecule has 0 aliphatic carbocycles. The van der Waals surface area contributed by atoms with Gasteiger partial charge in [-0.1, -0.05) is 122 Å². The number of anilines is 1. The van der Waals surface area contributed by atoms with E-state index in [1.54, 1.807) is 0 Å². The highest BCUT2D eigenvalue weighted by atomic mass is 32.1.